The van der Waals surface area contributed by atoms with Crippen LogP contribution in [0.4, 0.5) is 5.82 Å². The Balaban J connectivity index is 2.27. The molecule has 0 aliphatic rings. The molecule has 0 spiro atoms. The largest absolute Gasteiger partial charge is 0.389 e. The van der Waals surface area contributed by atoms with Gasteiger partial charge in [0.15, 0.2) is 5.82 Å². The molecule has 2 rings (SSSR count). The van der Waals surface area contributed by atoms with Crippen LogP contribution in [0.1, 0.15) is 22.4 Å². The molecule has 6 heteroatoms. The van der Waals surface area contributed by atoms with E-state index in [9.17, 15) is 0 Å². The third kappa shape index (κ3) is 2.65. The van der Waals surface area contributed by atoms with Gasteiger partial charge in [-0.15, -0.1) is 5.10 Å². The first-order chi connectivity index (χ1) is 8.59. The molecule has 0 saturated heterocycles. The maximum atomic E-state index is 5.76. The molecule has 2 aromatic rings. The lowest BCUT2D eigenvalue weighted by atomic mass is 10.1. The molecule has 0 aliphatic carbocycles. The Kier molecular flexibility index (Phi) is 3.88. The topological polar surface area (TPSA) is 63.8 Å². The summed E-state index contributed by atoms with van der Waals surface area (Å²) in [6.07, 6.45) is 0. The van der Waals surface area contributed by atoms with Crippen molar-refractivity contribution in [2.75, 3.05) is 5.32 Å². The molecular formula is C12H14N4S2. The van der Waals surface area contributed by atoms with Crippen molar-refractivity contribution in [2.24, 2.45) is 5.73 Å². The SMILES string of the molecule is Cc1nnc(NCc2ccsc2)c(C(N)=S)c1C. The van der Waals surface area contributed by atoms with E-state index in [2.05, 4.69) is 27.0 Å². The fraction of sp³-hybridized carbons (Fsp3) is 0.250. The molecule has 18 heavy (non-hydrogen) atoms. The summed E-state index contributed by atoms with van der Waals surface area (Å²) in [5, 5.41) is 15.6. The molecule has 2 aromatic heterocycles. The number of aromatic nitrogens is 2. The number of thiocarbonyl (C=S) groups is 1. The standard InChI is InChI=1S/C12H14N4S2/c1-7-8(2)15-16-12(10(7)11(13)17)14-5-9-3-4-18-6-9/h3-4,6H,5H2,1-2H3,(H2,13,17)(H,14,16). The third-order valence-electron chi connectivity index (χ3n) is 2.74. The van der Waals surface area contributed by atoms with E-state index in [1.807, 2.05) is 19.2 Å². The van der Waals surface area contributed by atoms with Crippen molar-refractivity contribution in [1.29, 1.82) is 0 Å². The van der Waals surface area contributed by atoms with Crippen molar-refractivity contribution in [3.05, 3.63) is 39.2 Å². The van der Waals surface area contributed by atoms with Crippen molar-refractivity contribution < 1.29 is 0 Å². The van der Waals surface area contributed by atoms with Crippen molar-refractivity contribution in [2.45, 2.75) is 20.4 Å². The van der Waals surface area contributed by atoms with Crippen molar-refractivity contribution in [3.63, 3.8) is 0 Å². The second-order valence-electron chi connectivity index (χ2n) is 3.98. The number of nitrogens with zero attached hydrogens (tertiary/aromatic N) is 2. The van der Waals surface area contributed by atoms with E-state index in [1.54, 1.807) is 11.3 Å². The van der Waals surface area contributed by atoms with Gasteiger partial charge >= 0.3 is 0 Å². The van der Waals surface area contributed by atoms with Crippen LogP contribution in [0.15, 0.2) is 16.8 Å². The second kappa shape index (κ2) is 5.41. The van der Waals surface area contributed by atoms with Gasteiger partial charge in [0.1, 0.15) is 4.99 Å². The summed E-state index contributed by atoms with van der Waals surface area (Å²) in [7, 11) is 0. The molecule has 0 saturated carbocycles. The number of rotatable bonds is 4. The van der Waals surface area contributed by atoms with Crippen LogP contribution in [-0.4, -0.2) is 15.2 Å². The average Bonchev–Trinajstić information content (AvgIpc) is 2.83. The lowest BCUT2D eigenvalue weighted by molar-refractivity contribution is 0.944. The first kappa shape index (κ1) is 12.9. The zero-order valence-electron chi connectivity index (χ0n) is 10.2. The van der Waals surface area contributed by atoms with Gasteiger partial charge in [-0.1, -0.05) is 12.2 Å². The normalized spacial score (nSPS) is 10.3. The molecule has 2 heterocycles. The minimum atomic E-state index is 0.346. The number of anilines is 1. The van der Waals surface area contributed by atoms with E-state index in [0.29, 0.717) is 17.4 Å². The fourth-order valence-electron chi connectivity index (χ4n) is 1.61. The van der Waals surface area contributed by atoms with E-state index in [4.69, 9.17) is 18.0 Å². The zero-order chi connectivity index (χ0) is 13.1. The van der Waals surface area contributed by atoms with Crippen LogP contribution in [-0.2, 0) is 6.54 Å². The van der Waals surface area contributed by atoms with Crippen molar-refractivity contribution in [1.82, 2.24) is 10.2 Å². The summed E-state index contributed by atoms with van der Waals surface area (Å²) < 4.78 is 0. The van der Waals surface area contributed by atoms with E-state index < -0.39 is 0 Å². The van der Waals surface area contributed by atoms with E-state index in [0.717, 1.165) is 16.8 Å². The Morgan fingerprint density at radius 3 is 2.83 bits per heavy atom. The molecule has 0 fully saturated rings. The summed E-state index contributed by atoms with van der Waals surface area (Å²) in [4.78, 5) is 0.346. The van der Waals surface area contributed by atoms with Crippen molar-refractivity contribution >= 4 is 34.4 Å². The van der Waals surface area contributed by atoms with Crippen LogP contribution in [0.5, 0.6) is 0 Å². The van der Waals surface area contributed by atoms with Crippen molar-refractivity contribution in [3.8, 4) is 0 Å². The number of hydrogen-bond donors (Lipinski definition) is 2. The summed E-state index contributed by atoms with van der Waals surface area (Å²) in [6, 6.07) is 2.06. The summed E-state index contributed by atoms with van der Waals surface area (Å²) in [6.45, 7) is 4.54. The third-order valence-corrected chi connectivity index (χ3v) is 3.68. The number of nitrogens with two attached hydrogens (primary N) is 1. The first-order valence-electron chi connectivity index (χ1n) is 5.48. The van der Waals surface area contributed by atoms with Crippen LogP contribution in [0.3, 0.4) is 0 Å². The number of aryl methyl sites for hydroxylation is 1. The fourth-order valence-corrected chi connectivity index (χ4v) is 2.53. The van der Waals surface area contributed by atoms with Gasteiger partial charge in [-0.3, -0.25) is 0 Å². The van der Waals surface area contributed by atoms with Gasteiger partial charge in [0, 0.05) is 6.54 Å². The molecule has 0 bridgehead atoms. The molecule has 0 radical (unpaired) electrons. The Morgan fingerprint density at radius 1 is 1.44 bits per heavy atom. The average molecular weight is 278 g/mol. The predicted molar refractivity (Wildman–Crippen MR) is 79.0 cm³/mol. The van der Waals surface area contributed by atoms with Crippen LogP contribution >= 0.6 is 23.6 Å². The monoisotopic (exact) mass is 278 g/mol. The highest BCUT2D eigenvalue weighted by Gasteiger charge is 2.13. The Labute approximate surface area is 115 Å². The van der Waals surface area contributed by atoms with Crippen LogP contribution in [0.2, 0.25) is 0 Å². The lowest BCUT2D eigenvalue weighted by Crippen LogP contribution is -2.18. The number of hydrogen-bond acceptors (Lipinski definition) is 5. The summed E-state index contributed by atoms with van der Waals surface area (Å²) >= 11 is 6.75. The lowest BCUT2D eigenvalue weighted by Gasteiger charge is -2.12. The quantitative estimate of drug-likeness (QED) is 0.841. The van der Waals surface area contributed by atoms with Gasteiger partial charge < -0.3 is 11.1 Å². The van der Waals surface area contributed by atoms with Gasteiger partial charge in [-0.2, -0.15) is 16.4 Å². The van der Waals surface area contributed by atoms with E-state index in [1.165, 1.54) is 5.56 Å². The minimum absolute atomic E-state index is 0.346. The Morgan fingerprint density at radius 2 is 2.22 bits per heavy atom. The van der Waals surface area contributed by atoms with Gasteiger partial charge in [0.2, 0.25) is 0 Å². The first-order valence-corrected chi connectivity index (χ1v) is 6.83. The predicted octanol–water partition coefficient (Wildman–Crippen LogP) is 2.40. The smallest absolute Gasteiger partial charge is 0.159 e. The second-order valence-corrected chi connectivity index (χ2v) is 5.20. The van der Waals surface area contributed by atoms with E-state index >= 15 is 0 Å². The minimum Gasteiger partial charge on any atom is -0.389 e. The van der Waals surface area contributed by atoms with Crippen LogP contribution in [0.25, 0.3) is 0 Å². The van der Waals surface area contributed by atoms with Gasteiger partial charge in [0.05, 0.1) is 11.3 Å². The molecule has 0 atom stereocenters. The van der Waals surface area contributed by atoms with Gasteiger partial charge in [-0.05, 0) is 41.8 Å². The van der Waals surface area contributed by atoms with Gasteiger partial charge in [-0.25, -0.2) is 0 Å². The molecule has 0 aromatic carbocycles. The molecule has 0 unspecified atom stereocenters. The van der Waals surface area contributed by atoms with Gasteiger partial charge in [0.25, 0.3) is 0 Å². The Bertz CT molecular complexity index is 564. The Hall–Kier alpha value is -1.53. The highest BCUT2D eigenvalue weighted by molar-refractivity contribution is 7.80. The molecular weight excluding hydrogens is 264 g/mol. The van der Waals surface area contributed by atoms with Crippen LogP contribution < -0.4 is 11.1 Å². The maximum absolute atomic E-state index is 5.76. The number of nitrogens with one attached hydrogen (secondary N) is 1. The summed E-state index contributed by atoms with van der Waals surface area (Å²) in [5.74, 6) is 0.650. The molecule has 4 nitrogen and oxygen atoms in total. The van der Waals surface area contributed by atoms with Crippen LogP contribution in [0, 0.1) is 13.8 Å². The molecule has 3 N–H and O–H groups in total. The number of thiophene rings is 1. The summed E-state index contributed by atoms with van der Waals surface area (Å²) in [5.41, 5.74) is 9.57. The molecule has 0 amide bonds. The molecule has 0 aliphatic heterocycles. The van der Waals surface area contributed by atoms with E-state index in [-0.39, 0.29) is 0 Å². The highest BCUT2D eigenvalue weighted by atomic mass is 32.1. The molecule has 94 valence electrons. The highest BCUT2D eigenvalue weighted by Crippen LogP contribution is 2.19. The zero-order valence-corrected chi connectivity index (χ0v) is 11.9. The maximum Gasteiger partial charge on any atom is 0.159 e.